The lowest BCUT2D eigenvalue weighted by Crippen LogP contribution is -1.94. The number of thiazole rings is 1. The predicted octanol–water partition coefficient (Wildman–Crippen LogP) is 3.90. The highest BCUT2D eigenvalue weighted by molar-refractivity contribution is 7.11. The van der Waals surface area contributed by atoms with Crippen LogP contribution in [-0.4, -0.2) is 4.98 Å². The van der Waals surface area contributed by atoms with Crippen LogP contribution in [0.4, 0.5) is 0 Å². The van der Waals surface area contributed by atoms with Gasteiger partial charge in [-0.05, 0) is 38.0 Å². The minimum Gasteiger partial charge on any atom is -0.486 e. The van der Waals surface area contributed by atoms with E-state index in [0.29, 0.717) is 6.61 Å². The third-order valence-electron chi connectivity index (χ3n) is 2.77. The van der Waals surface area contributed by atoms with Crippen molar-refractivity contribution in [1.82, 2.24) is 4.98 Å². The number of rotatable bonds is 4. The van der Waals surface area contributed by atoms with Crippen LogP contribution < -0.4 is 4.74 Å². The number of hydrogen-bond donors (Lipinski definition) is 0. The van der Waals surface area contributed by atoms with E-state index in [1.54, 1.807) is 11.3 Å². The molecular weight excluding hydrogens is 230 g/mol. The molecule has 0 unspecified atom stereocenters. The third kappa shape index (κ3) is 3.07. The minimum atomic E-state index is 0.560. The molecule has 0 fully saturated rings. The highest BCUT2D eigenvalue weighted by atomic mass is 32.1. The molecule has 0 atom stereocenters. The largest absolute Gasteiger partial charge is 0.486 e. The molecule has 0 radical (unpaired) electrons. The van der Waals surface area contributed by atoms with Gasteiger partial charge in [-0.1, -0.05) is 19.1 Å². The van der Waals surface area contributed by atoms with Gasteiger partial charge in [-0.25, -0.2) is 4.98 Å². The van der Waals surface area contributed by atoms with Gasteiger partial charge in [0.15, 0.2) is 0 Å². The van der Waals surface area contributed by atoms with E-state index >= 15 is 0 Å². The summed E-state index contributed by atoms with van der Waals surface area (Å²) in [5.41, 5.74) is 2.44. The van der Waals surface area contributed by atoms with Crippen LogP contribution in [-0.2, 0) is 13.0 Å². The Morgan fingerprint density at radius 1 is 1.18 bits per heavy atom. The molecule has 0 aliphatic carbocycles. The second-order valence-electron chi connectivity index (χ2n) is 4.04. The van der Waals surface area contributed by atoms with Gasteiger partial charge in [0.05, 0.1) is 5.69 Å². The Morgan fingerprint density at radius 2 is 1.88 bits per heavy atom. The Morgan fingerprint density at radius 3 is 2.41 bits per heavy atom. The van der Waals surface area contributed by atoms with Gasteiger partial charge in [-0.3, -0.25) is 0 Å². The van der Waals surface area contributed by atoms with Crippen LogP contribution in [0, 0.1) is 13.8 Å². The molecule has 0 amide bonds. The summed E-state index contributed by atoms with van der Waals surface area (Å²) in [7, 11) is 0. The fraction of sp³-hybridized carbons (Fsp3) is 0.357. The number of aryl methyl sites for hydroxylation is 3. The zero-order valence-electron chi connectivity index (χ0n) is 10.5. The molecule has 0 aliphatic rings. The quantitative estimate of drug-likeness (QED) is 0.817. The molecule has 1 aromatic heterocycles. The SMILES string of the molecule is CCc1ccc(OCc2nc(C)c(C)s2)cc1. The van der Waals surface area contributed by atoms with E-state index in [0.717, 1.165) is 22.9 Å². The zero-order chi connectivity index (χ0) is 12.3. The maximum Gasteiger partial charge on any atom is 0.140 e. The van der Waals surface area contributed by atoms with Gasteiger partial charge in [-0.2, -0.15) is 0 Å². The van der Waals surface area contributed by atoms with Crippen molar-refractivity contribution in [2.75, 3.05) is 0 Å². The average molecular weight is 247 g/mol. The first-order chi connectivity index (χ1) is 8.19. The van der Waals surface area contributed by atoms with Crippen molar-refractivity contribution < 1.29 is 4.74 Å². The van der Waals surface area contributed by atoms with Crippen LogP contribution in [0.2, 0.25) is 0 Å². The van der Waals surface area contributed by atoms with E-state index in [2.05, 4.69) is 31.0 Å². The Bertz CT molecular complexity index is 468. The molecule has 2 rings (SSSR count). The van der Waals surface area contributed by atoms with Crippen LogP contribution in [0.3, 0.4) is 0 Å². The van der Waals surface area contributed by atoms with Gasteiger partial charge < -0.3 is 4.74 Å². The Kier molecular flexibility index (Phi) is 3.79. The van der Waals surface area contributed by atoms with E-state index in [4.69, 9.17) is 4.74 Å². The van der Waals surface area contributed by atoms with Crippen LogP contribution in [0.15, 0.2) is 24.3 Å². The second-order valence-corrected chi connectivity index (χ2v) is 5.32. The van der Waals surface area contributed by atoms with E-state index in [1.165, 1.54) is 10.4 Å². The van der Waals surface area contributed by atoms with Crippen molar-refractivity contribution in [3.8, 4) is 5.75 Å². The fourth-order valence-electron chi connectivity index (χ4n) is 1.57. The van der Waals surface area contributed by atoms with Crippen molar-refractivity contribution in [3.63, 3.8) is 0 Å². The molecule has 90 valence electrons. The van der Waals surface area contributed by atoms with E-state index in [9.17, 15) is 0 Å². The lowest BCUT2D eigenvalue weighted by Gasteiger charge is -2.04. The molecular formula is C14H17NOS. The molecule has 1 heterocycles. The molecule has 0 spiro atoms. The van der Waals surface area contributed by atoms with Gasteiger partial charge in [0.1, 0.15) is 17.4 Å². The predicted molar refractivity (Wildman–Crippen MR) is 71.7 cm³/mol. The number of benzene rings is 1. The van der Waals surface area contributed by atoms with Gasteiger partial charge in [0, 0.05) is 4.88 Å². The summed E-state index contributed by atoms with van der Waals surface area (Å²) in [4.78, 5) is 5.72. The molecule has 17 heavy (non-hydrogen) atoms. The van der Waals surface area contributed by atoms with E-state index < -0.39 is 0 Å². The zero-order valence-corrected chi connectivity index (χ0v) is 11.3. The highest BCUT2D eigenvalue weighted by Gasteiger charge is 2.04. The summed E-state index contributed by atoms with van der Waals surface area (Å²) in [6.45, 7) is 6.83. The van der Waals surface area contributed by atoms with Gasteiger partial charge in [0.25, 0.3) is 0 Å². The van der Waals surface area contributed by atoms with Crippen molar-refractivity contribution in [1.29, 1.82) is 0 Å². The summed E-state index contributed by atoms with van der Waals surface area (Å²) in [5.74, 6) is 0.910. The van der Waals surface area contributed by atoms with Gasteiger partial charge in [-0.15, -0.1) is 11.3 Å². The Hall–Kier alpha value is -1.35. The number of nitrogens with zero attached hydrogens (tertiary/aromatic N) is 1. The molecule has 0 aliphatic heterocycles. The molecule has 0 saturated carbocycles. The summed E-state index contributed by atoms with van der Waals surface area (Å²) >= 11 is 1.71. The second kappa shape index (κ2) is 5.32. The van der Waals surface area contributed by atoms with Crippen molar-refractivity contribution in [3.05, 3.63) is 45.4 Å². The third-order valence-corrected chi connectivity index (χ3v) is 3.81. The van der Waals surface area contributed by atoms with Gasteiger partial charge >= 0.3 is 0 Å². The molecule has 0 saturated heterocycles. The smallest absolute Gasteiger partial charge is 0.140 e. The first-order valence-corrected chi connectivity index (χ1v) is 6.65. The summed E-state index contributed by atoms with van der Waals surface area (Å²) < 4.78 is 5.71. The Balaban J connectivity index is 1.97. The van der Waals surface area contributed by atoms with Crippen LogP contribution in [0.5, 0.6) is 5.75 Å². The molecule has 2 nitrogen and oxygen atoms in total. The first-order valence-electron chi connectivity index (χ1n) is 5.83. The average Bonchev–Trinajstić information content (AvgIpc) is 2.67. The molecule has 3 heteroatoms. The number of ether oxygens (including phenoxy) is 1. The summed E-state index contributed by atoms with van der Waals surface area (Å²) in [6, 6.07) is 8.25. The molecule has 0 bridgehead atoms. The van der Waals surface area contributed by atoms with Crippen molar-refractivity contribution >= 4 is 11.3 Å². The number of aromatic nitrogens is 1. The van der Waals surface area contributed by atoms with Crippen molar-refractivity contribution in [2.24, 2.45) is 0 Å². The number of hydrogen-bond acceptors (Lipinski definition) is 3. The lowest BCUT2D eigenvalue weighted by atomic mass is 10.2. The highest BCUT2D eigenvalue weighted by Crippen LogP contribution is 2.19. The lowest BCUT2D eigenvalue weighted by molar-refractivity contribution is 0.305. The monoisotopic (exact) mass is 247 g/mol. The topological polar surface area (TPSA) is 22.1 Å². The van der Waals surface area contributed by atoms with Crippen LogP contribution in [0.1, 0.15) is 28.1 Å². The van der Waals surface area contributed by atoms with Gasteiger partial charge in [0.2, 0.25) is 0 Å². The maximum absolute atomic E-state index is 5.71. The summed E-state index contributed by atoms with van der Waals surface area (Å²) in [6.07, 6.45) is 1.06. The van der Waals surface area contributed by atoms with Crippen LogP contribution in [0.25, 0.3) is 0 Å². The summed E-state index contributed by atoms with van der Waals surface area (Å²) in [5, 5.41) is 1.04. The molecule has 1 aromatic carbocycles. The Labute approximate surface area is 106 Å². The maximum atomic E-state index is 5.71. The van der Waals surface area contributed by atoms with Crippen LogP contribution >= 0.6 is 11.3 Å². The van der Waals surface area contributed by atoms with E-state index in [1.807, 2.05) is 19.1 Å². The van der Waals surface area contributed by atoms with E-state index in [-0.39, 0.29) is 0 Å². The fourth-order valence-corrected chi connectivity index (χ4v) is 2.41. The standard InChI is InChI=1S/C14H17NOS/c1-4-12-5-7-13(8-6-12)16-9-14-15-10(2)11(3)17-14/h5-8H,4,9H2,1-3H3. The first kappa shape index (κ1) is 12.1. The molecule has 0 N–H and O–H groups in total. The molecule has 2 aromatic rings. The minimum absolute atomic E-state index is 0.560. The normalized spacial score (nSPS) is 10.5. The van der Waals surface area contributed by atoms with Crippen molar-refractivity contribution in [2.45, 2.75) is 33.8 Å².